The van der Waals surface area contributed by atoms with Gasteiger partial charge in [-0.05, 0) is 26.2 Å². The maximum Gasteiger partial charge on any atom is 0.471 e. The number of carbonyl (C=O) groups excluding carboxylic acids is 2. The highest BCUT2D eigenvalue weighted by Gasteiger charge is 2.38. The van der Waals surface area contributed by atoms with E-state index < -0.39 is 24.2 Å². The fourth-order valence-electron chi connectivity index (χ4n) is 2.70. The Labute approximate surface area is 197 Å². The maximum absolute atomic E-state index is 12.4. The quantitative estimate of drug-likeness (QED) is 0.145. The van der Waals surface area contributed by atoms with Crippen LogP contribution in [-0.4, -0.2) is 96.4 Å². The van der Waals surface area contributed by atoms with E-state index in [1.54, 1.807) is 10.3 Å². The first kappa shape index (κ1) is 29.5. The van der Waals surface area contributed by atoms with Crippen molar-refractivity contribution >= 4 is 11.9 Å². The Balaban J connectivity index is 2.54. The molecule has 1 rings (SSSR count). The number of rotatable bonds is 15. The van der Waals surface area contributed by atoms with Crippen LogP contribution in [0.15, 0.2) is 31.0 Å². The lowest BCUT2D eigenvalue weighted by molar-refractivity contribution is -0.248. The van der Waals surface area contributed by atoms with Crippen LogP contribution in [0.5, 0.6) is 0 Å². The number of hydrogen-bond donors (Lipinski definition) is 3. The molecule has 192 valence electrons. The number of amides is 1. The van der Waals surface area contributed by atoms with Gasteiger partial charge in [0, 0.05) is 45.3 Å². The Kier molecular flexibility index (Phi) is 12.7. The molecular weight excluding hydrogens is 457 g/mol. The number of halogens is 3. The Morgan fingerprint density at radius 3 is 2.62 bits per heavy atom. The van der Waals surface area contributed by atoms with Crippen LogP contribution in [0.3, 0.4) is 0 Å². The number of hydrogen-bond acceptors (Lipinski definition) is 9. The minimum Gasteiger partial charge on any atom is -0.454 e. The first-order valence-electron chi connectivity index (χ1n) is 10.7. The molecule has 10 nitrogen and oxygen atoms in total. The zero-order valence-electron chi connectivity index (χ0n) is 19.6. The first-order chi connectivity index (χ1) is 16.0. The molecule has 1 amide bonds. The van der Waals surface area contributed by atoms with Crippen LogP contribution in [0.1, 0.15) is 29.4 Å². The van der Waals surface area contributed by atoms with Crippen molar-refractivity contribution in [3.63, 3.8) is 0 Å². The normalized spacial score (nSPS) is 12.8. The minimum absolute atomic E-state index is 0.0648. The molecule has 1 heterocycles. The van der Waals surface area contributed by atoms with E-state index in [-0.39, 0.29) is 31.7 Å². The number of hydrazine groups is 1. The van der Waals surface area contributed by atoms with Crippen LogP contribution in [0.4, 0.5) is 13.2 Å². The van der Waals surface area contributed by atoms with Gasteiger partial charge in [0.2, 0.25) is 0 Å². The molecule has 0 aliphatic heterocycles. The number of aromatic nitrogens is 1. The molecule has 0 saturated heterocycles. The third-order valence-electron chi connectivity index (χ3n) is 4.60. The van der Waals surface area contributed by atoms with Crippen LogP contribution in [0.2, 0.25) is 0 Å². The molecule has 1 unspecified atom stereocenters. The van der Waals surface area contributed by atoms with Crippen molar-refractivity contribution in [2.45, 2.75) is 32.2 Å². The molecule has 0 spiro atoms. The van der Waals surface area contributed by atoms with Gasteiger partial charge in [-0.3, -0.25) is 20.3 Å². The summed E-state index contributed by atoms with van der Waals surface area (Å²) in [5.74, 6) is -2.77. The van der Waals surface area contributed by atoms with Crippen LogP contribution in [0.25, 0.3) is 0 Å². The van der Waals surface area contributed by atoms with Crippen molar-refractivity contribution in [2.75, 3.05) is 46.9 Å². The molecule has 1 aromatic rings. The second-order valence-corrected chi connectivity index (χ2v) is 7.56. The molecule has 3 N–H and O–H groups in total. The van der Waals surface area contributed by atoms with E-state index in [0.717, 1.165) is 11.7 Å². The number of nitrogens with one attached hydrogen (secondary N) is 2. The van der Waals surface area contributed by atoms with Gasteiger partial charge in [0.05, 0.1) is 17.9 Å². The molecule has 34 heavy (non-hydrogen) atoms. The standard InChI is InChI=1S/C21H33F3N6O4/c1-5-18(8-10-27-20(32)21(22,23)24)34-19(31)16-7-9-26-17(13-16)14-25-15-30(33)29(6-2)12-11-28(3)4/h5,7,9,13,18,25,33H,1,6,8,10-12,14-15H2,2-4H3,(H,27,32). The molecule has 0 radical (unpaired) electrons. The highest BCUT2D eigenvalue weighted by atomic mass is 19.4. The van der Waals surface area contributed by atoms with Gasteiger partial charge < -0.3 is 15.0 Å². The molecular formula is C21H33F3N6O4. The average Bonchev–Trinajstić information content (AvgIpc) is 2.77. The number of esters is 1. The lowest BCUT2D eigenvalue weighted by Gasteiger charge is -2.29. The van der Waals surface area contributed by atoms with Crippen molar-refractivity contribution in [3.8, 4) is 0 Å². The summed E-state index contributed by atoms with van der Waals surface area (Å²) in [5.41, 5.74) is 0.715. The highest BCUT2D eigenvalue weighted by Crippen LogP contribution is 2.14. The number of nitrogens with zero attached hydrogens (tertiary/aromatic N) is 4. The van der Waals surface area contributed by atoms with Gasteiger partial charge in [-0.1, -0.05) is 19.6 Å². The van der Waals surface area contributed by atoms with Crippen LogP contribution < -0.4 is 10.6 Å². The first-order valence-corrected chi connectivity index (χ1v) is 10.7. The Bertz CT molecular complexity index is 794. The van der Waals surface area contributed by atoms with Gasteiger partial charge in [-0.2, -0.15) is 13.2 Å². The predicted octanol–water partition coefficient (Wildman–Crippen LogP) is 1.40. The van der Waals surface area contributed by atoms with E-state index in [2.05, 4.69) is 16.9 Å². The highest BCUT2D eigenvalue weighted by molar-refractivity contribution is 5.89. The Morgan fingerprint density at radius 2 is 2.03 bits per heavy atom. The maximum atomic E-state index is 12.4. The number of likely N-dealkylation sites (N-methyl/N-ethyl adjacent to an activating group) is 2. The molecule has 1 atom stereocenters. The summed E-state index contributed by atoms with van der Waals surface area (Å²) in [6, 6.07) is 2.95. The topological polar surface area (TPSA) is 110 Å². The summed E-state index contributed by atoms with van der Waals surface area (Å²) >= 11 is 0. The van der Waals surface area contributed by atoms with E-state index in [1.807, 2.05) is 25.9 Å². The lowest BCUT2D eigenvalue weighted by atomic mass is 10.2. The summed E-state index contributed by atoms with van der Waals surface area (Å²) in [5, 5.41) is 17.8. The summed E-state index contributed by atoms with van der Waals surface area (Å²) < 4.78 is 41.9. The SMILES string of the molecule is C=CC(CCNC(=O)C(F)(F)F)OC(=O)c1ccnc(CNCN(O)N(CC)CCN(C)C)c1. The molecule has 0 aliphatic rings. The minimum atomic E-state index is -4.98. The van der Waals surface area contributed by atoms with Gasteiger partial charge in [0.25, 0.3) is 0 Å². The van der Waals surface area contributed by atoms with Crippen LogP contribution >= 0.6 is 0 Å². The van der Waals surface area contributed by atoms with Crippen molar-refractivity contribution in [1.82, 2.24) is 30.7 Å². The van der Waals surface area contributed by atoms with E-state index in [9.17, 15) is 28.0 Å². The van der Waals surface area contributed by atoms with Gasteiger partial charge in [-0.15, -0.1) is 5.17 Å². The van der Waals surface area contributed by atoms with E-state index in [1.165, 1.54) is 24.4 Å². The molecule has 13 heteroatoms. The zero-order chi connectivity index (χ0) is 25.7. The van der Waals surface area contributed by atoms with Crippen molar-refractivity contribution in [2.24, 2.45) is 0 Å². The molecule has 0 saturated carbocycles. The van der Waals surface area contributed by atoms with Crippen LogP contribution in [0, 0.1) is 0 Å². The lowest BCUT2D eigenvalue weighted by Crippen LogP contribution is -2.47. The summed E-state index contributed by atoms with van der Waals surface area (Å²) in [6.45, 7) is 7.53. The largest absolute Gasteiger partial charge is 0.471 e. The fraction of sp³-hybridized carbons (Fsp3) is 0.571. The molecule has 0 bridgehead atoms. The number of alkyl halides is 3. The molecule has 0 fully saturated rings. The number of ether oxygens (including phenoxy) is 1. The van der Waals surface area contributed by atoms with Crippen molar-refractivity contribution in [1.29, 1.82) is 0 Å². The molecule has 0 aliphatic carbocycles. The molecule has 0 aromatic carbocycles. The van der Waals surface area contributed by atoms with E-state index in [0.29, 0.717) is 18.8 Å². The third kappa shape index (κ3) is 11.0. The number of pyridine rings is 1. The summed E-state index contributed by atoms with van der Waals surface area (Å²) in [4.78, 5) is 29.4. The summed E-state index contributed by atoms with van der Waals surface area (Å²) in [7, 11) is 3.89. The van der Waals surface area contributed by atoms with Crippen molar-refractivity contribution < 1.29 is 32.7 Å². The smallest absolute Gasteiger partial charge is 0.454 e. The van der Waals surface area contributed by atoms with E-state index >= 15 is 0 Å². The number of carbonyl (C=O) groups is 2. The van der Waals surface area contributed by atoms with Gasteiger partial charge in [0.15, 0.2) is 0 Å². The fourth-order valence-corrected chi connectivity index (χ4v) is 2.70. The second kappa shape index (κ2) is 14.6. The number of hydroxylamine groups is 1. The van der Waals surface area contributed by atoms with E-state index in [4.69, 9.17) is 4.74 Å². The second-order valence-electron chi connectivity index (χ2n) is 7.56. The predicted molar refractivity (Wildman–Crippen MR) is 118 cm³/mol. The Hall–Kier alpha value is -2.58. The van der Waals surface area contributed by atoms with Gasteiger partial charge in [-0.25, -0.2) is 9.80 Å². The summed E-state index contributed by atoms with van der Waals surface area (Å²) in [6.07, 6.45) is -3.24. The average molecular weight is 491 g/mol. The zero-order valence-corrected chi connectivity index (χ0v) is 19.6. The third-order valence-corrected chi connectivity index (χ3v) is 4.60. The van der Waals surface area contributed by atoms with Gasteiger partial charge in [0.1, 0.15) is 6.10 Å². The van der Waals surface area contributed by atoms with Crippen LogP contribution in [-0.2, 0) is 16.1 Å². The molecule has 1 aromatic heterocycles. The Morgan fingerprint density at radius 1 is 1.32 bits per heavy atom. The van der Waals surface area contributed by atoms with Crippen molar-refractivity contribution in [3.05, 3.63) is 42.2 Å². The monoisotopic (exact) mass is 490 g/mol. The van der Waals surface area contributed by atoms with Gasteiger partial charge >= 0.3 is 18.1 Å².